The number of rotatable bonds is 2. The molecule has 0 radical (unpaired) electrons. The number of nitrogens with zero attached hydrogens (tertiary/aromatic N) is 1. The molecule has 0 atom stereocenters. The third kappa shape index (κ3) is 2.70. The van der Waals surface area contributed by atoms with Gasteiger partial charge in [0.2, 0.25) is 0 Å². The number of anilines is 1. The average molecular weight is 370 g/mol. The van der Waals surface area contributed by atoms with Crippen molar-refractivity contribution in [3.63, 3.8) is 0 Å². The SMILES string of the molecule is Nc1cc(I)cc(CN2CCc3sccc3C2)c1. The van der Waals surface area contributed by atoms with Crippen LogP contribution in [0.4, 0.5) is 5.69 Å². The maximum Gasteiger partial charge on any atom is 0.0327 e. The topological polar surface area (TPSA) is 29.3 Å². The highest BCUT2D eigenvalue weighted by atomic mass is 127. The van der Waals surface area contributed by atoms with Gasteiger partial charge < -0.3 is 5.73 Å². The van der Waals surface area contributed by atoms with Gasteiger partial charge in [0, 0.05) is 33.8 Å². The van der Waals surface area contributed by atoms with Gasteiger partial charge in [-0.15, -0.1) is 11.3 Å². The summed E-state index contributed by atoms with van der Waals surface area (Å²) in [7, 11) is 0. The van der Waals surface area contributed by atoms with Crippen LogP contribution in [0.1, 0.15) is 16.0 Å². The van der Waals surface area contributed by atoms with Gasteiger partial charge in [0.1, 0.15) is 0 Å². The number of nitrogens with two attached hydrogens (primary N) is 1. The van der Waals surface area contributed by atoms with E-state index in [1.165, 1.54) is 21.1 Å². The molecule has 1 aromatic heterocycles. The lowest BCUT2D eigenvalue weighted by Gasteiger charge is -2.27. The fourth-order valence-electron chi connectivity index (χ4n) is 2.47. The van der Waals surface area contributed by atoms with Crippen LogP contribution < -0.4 is 5.73 Å². The molecule has 4 heteroatoms. The van der Waals surface area contributed by atoms with E-state index in [1.54, 1.807) is 4.88 Å². The number of fused-ring (bicyclic) bond motifs is 1. The minimum Gasteiger partial charge on any atom is -0.399 e. The van der Waals surface area contributed by atoms with E-state index in [0.717, 1.165) is 25.3 Å². The Morgan fingerprint density at radius 2 is 2.22 bits per heavy atom. The number of thiophene rings is 1. The van der Waals surface area contributed by atoms with Crippen molar-refractivity contribution < 1.29 is 0 Å². The number of hydrogen-bond acceptors (Lipinski definition) is 3. The number of hydrogen-bond donors (Lipinski definition) is 1. The Bertz CT molecular complexity index is 544. The first-order valence-electron chi connectivity index (χ1n) is 6.03. The Morgan fingerprint density at radius 3 is 3.06 bits per heavy atom. The van der Waals surface area contributed by atoms with E-state index in [4.69, 9.17) is 5.73 Å². The van der Waals surface area contributed by atoms with Crippen molar-refractivity contribution in [3.8, 4) is 0 Å². The zero-order valence-corrected chi connectivity index (χ0v) is 13.0. The van der Waals surface area contributed by atoms with Crippen LogP contribution in [-0.2, 0) is 19.5 Å². The highest BCUT2D eigenvalue weighted by Crippen LogP contribution is 2.25. The monoisotopic (exact) mass is 370 g/mol. The van der Waals surface area contributed by atoms with Crippen LogP contribution >= 0.6 is 33.9 Å². The highest BCUT2D eigenvalue weighted by Gasteiger charge is 2.17. The number of halogens is 1. The zero-order chi connectivity index (χ0) is 12.5. The van der Waals surface area contributed by atoms with Gasteiger partial charge in [-0.25, -0.2) is 0 Å². The lowest BCUT2D eigenvalue weighted by molar-refractivity contribution is 0.247. The smallest absolute Gasteiger partial charge is 0.0327 e. The Kier molecular flexibility index (Phi) is 3.59. The van der Waals surface area contributed by atoms with Crippen LogP contribution in [0, 0.1) is 3.57 Å². The molecule has 2 N–H and O–H groups in total. The summed E-state index contributed by atoms with van der Waals surface area (Å²) in [6.07, 6.45) is 1.19. The van der Waals surface area contributed by atoms with Crippen LogP contribution in [0.15, 0.2) is 29.6 Å². The molecule has 1 aliphatic rings. The van der Waals surface area contributed by atoms with Gasteiger partial charge >= 0.3 is 0 Å². The second-order valence-electron chi connectivity index (χ2n) is 4.72. The van der Waals surface area contributed by atoms with Crippen molar-refractivity contribution >= 4 is 39.6 Å². The zero-order valence-electron chi connectivity index (χ0n) is 10.0. The molecular weight excluding hydrogens is 355 g/mol. The molecule has 2 nitrogen and oxygen atoms in total. The predicted octanol–water partition coefficient (Wildman–Crippen LogP) is 3.49. The van der Waals surface area contributed by atoms with Crippen molar-refractivity contribution in [1.29, 1.82) is 0 Å². The summed E-state index contributed by atoms with van der Waals surface area (Å²) < 4.78 is 1.22. The van der Waals surface area contributed by atoms with E-state index < -0.39 is 0 Å². The molecule has 0 aliphatic carbocycles. The predicted molar refractivity (Wildman–Crippen MR) is 85.7 cm³/mol. The molecule has 94 valence electrons. The molecule has 1 aliphatic heterocycles. The molecule has 0 saturated heterocycles. The van der Waals surface area contributed by atoms with Crippen LogP contribution in [0.25, 0.3) is 0 Å². The molecule has 1 aromatic carbocycles. The standard InChI is InChI=1S/C14H15IN2S/c15-12-5-10(6-13(16)7-12)8-17-3-1-14-11(9-17)2-4-18-14/h2,4-7H,1,3,8-9,16H2. The molecule has 2 aromatic rings. The Hall–Kier alpha value is -0.590. The van der Waals surface area contributed by atoms with Gasteiger partial charge in [-0.2, -0.15) is 0 Å². The second kappa shape index (κ2) is 5.19. The summed E-state index contributed by atoms with van der Waals surface area (Å²) in [6.45, 7) is 3.22. The quantitative estimate of drug-likeness (QED) is 0.648. The largest absolute Gasteiger partial charge is 0.399 e. The van der Waals surface area contributed by atoms with Gasteiger partial charge in [-0.05, 0) is 69.8 Å². The Balaban J connectivity index is 1.74. The van der Waals surface area contributed by atoms with Gasteiger partial charge in [0.15, 0.2) is 0 Å². The summed E-state index contributed by atoms with van der Waals surface area (Å²) >= 11 is 4.22. The van der Waals surface area contributed by atoms with Crippen LogP contribution in [0.2, 0.25) is 0 Å². The maximum absolute atomic E-state index is 5.90. The first-order chi connectivity index (χ1) is 8.70. The summed E-state index contributed by atoms with van der Waals surface area (Å²) in [5.41, 5.74) is 9.59. The highest BCUT2D eigenvalue weighted by molar-refractivity contribution is 14.1. The van der Waals surface area contributed by atoms with Crippen molar-refractivity contribution in [2.45, 2.75) is 19.5 Å². The average Bonchev–Trinajstić information content (AvgIpc) is 2.74. The van der Waals surface area contributed by atoms with Crippen molar-refractivity contribution in [2.24, 2.45) is 0 Å². The van der Waals surface area contributed by atoms with E-state index in [0.29, 0.717) is 0 Å². The van der Waals surface area contributed by atoms with Crippen LogP contribution in [0.3, 0.4) is 0 Å². The van der Waals surface area contributed by atoms with Crippen molar-refractivity contribution in [1.82, 2.24) is 4.90 Å². The van der Waals surface area contributed by atoms with Gasteiger partial charge in [-0.1, -0.05) is 0 Å². The molecule has 2 heterocycles. The third-order valence-corrected chi connectivity index (χ3v) is 4.92. The molecule has 0 saturated carbocycles. The molecule has 18 heavy (non-hydrogen) atoms. The second-order valence-corrected chi connectivity index (χ2v) is 6.97. The molecule has 0 spiro atoms. The number of benzene rings is 1. The van der Waals surface area contributed by atoms with Gasteiger partial charge in [0.05, 0.1) is 0 Å². The van der Waals surface area contributed by atoms with Crippen molar-refractivity contribution in [2.75, 3.05) is 12.3 Å². The summed E-state index contributed by atoms with van der Waals surface area (Å²) in [6, 6.07) is 8.58. The van der Waals surface area contributed by atoms with Crippen LogP contribution in [-0.4, -0.2) is 11.4 Å². The maximum atomic E-state index is 5.90. The summed E-state index contributed by atoms with van der Waals surface area (Å²) in [4.78, 5) is 4.06. The molecule has 0 amide bonds. The first kappa shape index (κ1) is 12.4. The molecular formula is C14H15IN2S. The lowest BCUT2D eigenvalue weighted by atomic mass is 10.1. The van der Waals surface area contributed by atoms with E-state index in [1.807, 2.05) is 17.4 Å². The fourth-order valence-corrected chi connectivity index (χ4v) is 4.12. The van der Waals surface area contributed by atoms with E-state index in [2.05, 4.69) is 51.1 Å². The minimum atomic E-state index is 0.866. The lowest BCUT2D eigenvalue weighted by Crippen LogP contribution is -2.29. The summed E-state index contributed by atoms with van der Waals surface area (Å²) in [5, 5.41) is 2.21. The van der Waals surface area contributed by atoms with E-state index in [9.17, 15) is 0 Å². The molecule has 0 fully saturated rings. The Labute approximate surface area is 125 Å². The van der Waals surface area contributed by atoms with E-state index >= 15 is 0 Å². The third-order valence-electron chi connectivity index (χ3n) is 3.27. The fraction of sp³-hybridized carbons (Fsp3) is 0.286. The van der Waals surface area contributed by atoms with E-state index in [-0.39, 0.29) is 0 Å². The molecule has 3 rings (SSSR count). The number of nitrogen functional groups attached to an aromatic ring is 1. The van der Waals surface area contributed by atoms with Crippen LogP contribution in [0.5, 0.6) is 0 Å². The normalized spacial score (nSPS) is 15.6. The summed E-state index contributed by atoms with van der Waals surface area (Å²) in [5.74, 6) is 0. The minimum absolute atomic E-state index is 0.866. The Morgan fingerprint density at radius 1 is 1.33 bits per heavy atom. The molecule has 0 unspecified atom stereocenters. The molecule has 0 bridgehead atoms. The van der Waals surface area contributed by atoms with Gasteiger partial charge in [-0.3, -0.25) is 4.90 Å². The van der Waals surface area contributed by atoms with Crippen molar-refractivity contribution in [3.05, 3.63) is 49.2 Å². The first-order valence-corrected chi connectivity index (χ1v) is 7.99. The van der Waals surface area contributed by atoms with Gasteiger partial charge in [0.25, 0.3) is 0 Å².